The van der Waals surface area contributed by atoms with Crippen LogP contribution < -0.4 is 5.73 Å². The highest BCUT2D eigenvalue weighted by Gasteiger charge is 2.30. The minimum atomic E-state index is -3.73. The van der Waals surface area contributed by atoms with Gasteiger partial charge in [-0.3, -0.25) is 0 Å². The van der Waals surface area contributed by atoms with Crippen molar-refractivity contribution in [2.75, 3.05) is 12.3 Å². The molecule has 2 N–H and O–H groups in total. The molecule has 0 bridgehead atoms. The third-order valence-corrected chi connectivity index (χ3v) is 5.60. The van der Waals surface area contributed by atoms with Gasteiger partial charge in [0, 0.05) is 18.3 Å². The standard InChI is InChI=1S/C12H18Cl2N2O2S/c1-4-5-16(8(2)3)19(17,18)12-10(13)6-9(15)7-11(12)14/h6-8H,4-5,15H2,1-3H3. The molecule has 0 aliphatic rings. The first kappa shape index (κ1) is 16.6. The minimum absolute atomic E-state index is 0.0479. The van der Waals surface area contributed by atoms with Crippen molar-refractivity contribution < 1.29 is 8.42 Å². The van der Waals surface area contributed by atoms with Gasteiger partial charge in [0.1, 0.15) is 4.90 Å². The molecule has 0 aliphatic heterocycles. The summed E-state index contributed by atoms with van der Waals surface area (Å²) in [6.07, 6.45) is 0.710. The predicted octanol–water partition coefficient (Wildman–Crippen LogP) is 3.38. The first-order chi connectivity index (χ1) is 8.71. The molecule has 0 saturated carbocycles. The lowest BCUT2D eigenvalue weighted by molar-refractivity contribution is 0.354. The van der Waals surface area contributed by atoms with Crippen LogP contribution in [0.15, 0.2) is 17.0 Å². The Morgan fingerprint density at radius 1 is 1.26 bits per heavy atom. The topological polar surface area (TPSA) is 63.4 Å². The van der Waals surface area contributed by atoms with E-state index in [0.717, 1.165) is 0 Å². The molecule has 0 saturated heterocycles. The Bertz CT molecular complexity index is 536. The fourth-order valence-corrected chi connectivity index (χ4v) is 4.73. The maximum absolute atomic E-state index is 12.6. The average Bonchev–Trinajstić information content (AvgIpc) is 2.22. The number of nitrogens with zero attached hydrogens (tertiary/aromatic N) is 1. The summed E-state index contributed by atoms with van der Waals surface area (Å²) in [5, 5.41) is 0.0958. The second-order valence-corrected chi connectivity index (χ2v) is 7.16. The molecule has 0 aliphatic carbocycles. The summed E-state index contributed by atoms with van der Waals surface area (Å²) in [5.74, 6) is 0. The van der Waals surface area contributed by atoms with E-state index in [-0.39, 0.29) is 21.0 Å². The molecule has 1 aromatic carbocycles. The van der Waals surface area contributed by atoms with Gasteiger partial charge in [-0.15, -0.1) is 0 Å². The Morgan fingerprint density at radius 3 is 2.11 bits per heavy atom. The summed E-state index contributed by atoms with van der Waals surface area (Å²) >= 11 is 12.0. The maximum atomic E-state index is 12.6. The molecule has 7 heteroatoms. The van der Waals surface area contributed by atoms with Crippen LogP contribution in [0, 0.1) is 0 Å². The molecule has 0 heterocycles. The van der Waals surface area contributed by atoms with Crippen molar-refractivity contribution in [3.63, 3.8) is 0 Å². The zero-order valence-electron chi connectivity index (χ0n) is 11.2. The van der Waals surface area contributed by atoms with E-state index in [0.29, 0.717) is 18.7 Å². The smallest absolute Gasteiger partial charge is 0.246 e. The maximum Gasteiger partial charge on any atom is 0.246 e. The molecule has 4 nitrogen and oxygen atoms in total. The van der Waals surface area contributed by atoms with E-state index in [9.17, 15) is 8.42 Å². The van der Waals surface area contributed by atoms with E-state index in [1.165, 1.54) is 16.4 Å². The van der Waals surface area contributed by atoms with E-state index in [1.54, 1.807) is 0 Å². The van der Waals surface area contributed by atoms with Gasteiger partial charge in [-0.1, -0.05) is 30.1 Å². The summed E-state index contributed by atoms with van der Waals surface area (Å²) < 4.78 is 26.7. The van der Waals surface area contributed by atoms with Crippen LogP contribution in [-0.4, -0.2) is 25.3 Å². The van der Waals surface area contributed by atoms with Crippen LogP contribution >= 0.6 is 23.2 Å². The van der Waals surface area contributed by atoms with Gasteiger partial charge >= 0.3 is 0 Å². The average molecular weight is 325 g/mol. The lowest BCUT2D eigenvalue weighted by atomic mass is 10.3. The molecule has 0 fully saturated rings. The van der Waals surface area contributed by atoms with Crippen molar-refractivity contribution >= 4 is 38.9 Å². The van der Waals surface area contributed by atoms with Gasteiger partial charge in [0.25, 0.3) is 0 Å². The monoisotopic (exact) mass is 324 g/mol. The van der Waals surface area contributed by atoms with Crippen molar-refractivity contribution in [2.24, 2.45) is 0 Å². The Kier molecular flexibility index (Phi) is 5.50. The zero-order chi connectivity index (χ0) is 14.8. The number of nitrogens with two attached hydrogens (primary N) is 1. The van der Waals surface area contributed by atoms with Crippen LogP contribution in [0.25, 0.3) is 0 Å². The SMILES string of the molecule is CCCN(C(C)C)S(=O)(=O)c1c(Cl)cc(N)cc1Cl. The normalized spacial score (nSPS) is 12.4. The summed E-state index contributed by atoms with van der Waals surface area (Å²) in [5.41, 5.74) is 5.92. The number of halogens is 2. The highest BCUT2D eigenvalue weighted by Crippen LogP contribution is 2.34. The molecule has 108 valence electrons. The Hall–Kier alpha value is -0.490. The Morgan fingerprint density at radius 2 is 1.74 bits per heavy atom. The van der Waals surface area contributed by atoms with Crippen molar-refractivity contribution in [1.82, 2.24) is 4.31 Å². The number of nitrogen functional groups attached to an aromatic ring is 1. The largest absolute Gasteiger partial charge is 0.399 e. The van der Waals surface area contributed by atoms with E-state index in [2.05, 4.69) is 0 Å². The number of rotatable bonds is 5. The van der Waals surface area contributed by atoms with Crippen LogP contribution in [0.5, 0.6) is 0 Å². The molecule has 1 rings (SSSR count). The lowest BCUT2D eigenvalue weighted by Gasteiger charge is -2.26. The van der Waals surface area contributed by atoms with Crippen LogP contribution in [0.3, 0.4) is 0 Å². The Balaban J connectivity index is 3.42. The van der Waals surface area contributed by atoms with Gasteiger partial charge < -0.3 is 5.73 Å². The molecular formula is C12H18Cl2N2O2S. The first-order valence-electron chi connectivity index (χ1n) is 5.98. The number of benzene rings is 1. The summed E-state index contributed by atoms with van der Waals surface area (Å²) in [6, 6.07) is 2.62. The predicted molar refractivity (Wildman–Crippen MR) is 80.2 cm³/mol. The molecule has 0 radical (unpaired) electrons. The molecule has 1 aromatic rings. The van der Waals surface area contributed by atoms with Crippen LogP contribution in [0.2, 0.25) is 10.0 Å². The Labute approximate surface area is 124 Å². The molecular weight excluding hydrogens is 307 g/mol. The second-order valence-electron chi connectivity index (χ2n) is 4.52. The zero-order valence-corrected chi connectivity index (χ0v) is 13.5. The van der Waals surface area contributed by atoms with Crippen LogP contribution in [0.4, 0.5) is 5.69 Å². The summed E-state index contributed by atoms with van der Waals surface area (Å²) in [4.78, 5) is -0.0767. The van der Waals surface area contributed by atoms with Crippen molar-refractivity contribution in [3.05, 3.63) is 22.2 Å². The highest BCUT2D eigenvalue weighted by atomic mass is 35.5. The van der Waals surface area contributed by atoms with Gasteiger partial charge in [-0.25, -0.2) is 8.42 Å². The second kappa shape index (κ2) is 6.31. The van der Waals surface area contributed by atoms with Gasteiger partial charge in [-0.2, -0.15) is 4.31 Å². The number of hydrogen-bond acceptors (Lipinski definition) is 3. The van der Waals surface area contributed by atoms with Crippen LogP contribution in [0.1, 0.15) is 27.2 Å². The molecule has 0 unspecified atom stereocenters. The van der Waals surface area contributed by atoms with Gasteiger partial charge in [0.2, 0.25) is 10.0 Å². The quantitative estimate of drug-likeness (QED) is 0.844. The highest BCUT2D eigenvalue weighted by molar-refractivity contribution is 7.89. The number of sulfonamides is 1. The van der Waals surface area contributed by atoms with Crippen molar-refractivity contribution in [2.45, 2.75) is 38.1 Å². The third kappa shape index (κ3) is 3.54. The van der Waals surface area contributed by atoms with E-state index in [4.69, 9.17) is 28.9 Å². The van der Waals surface area contributed by atoms with Gasteiger partial charge in [0.15, 0.2) is 0 Å². The molecule has 19 heavy (non-hydrogen) atoms. The molecule has 0 spiro atoms. The molecule has 0 atom stereocenters. The number of hydrogen-bond donors (Lipinski definition) is 1. The summed E-state index contributed by atoms with van der Waals surface area (Å²) in [7, 11) is -3.73. The fraction of sp³-hybridized carbons (Fsp3) is 0.500. The van der Waals surface area contributed by atoms with Gasteiger partial charge in [0.05, 0.1) is 10.0 Å². The van der Waals surface area contributed by atoms with E-state index in [1.807, 2.05) is 20.8 Å². The third-order valence-electron chi connectivity index (χ3n) is 2.61. The van der Waals surface area contributed by atoms with E-state index < -0.39 is 10.0 Å². The molecule has 0 amide bonds. The van der Waals surface area contributed by atoms with Crippen LogP contribution in [-0.2, 0) is 10.0 Å². The van der Waals surface area contributed by atoms with Crippen molar-refractivity contribution in [1.29, 1.82) is 0 Å². The number of anilines is 1. The lowest BCUT2D eigenvalue weighted by Crippen LogP contribution is -2.37. The van der Waals surface area contributed by atoms with Crippen molar-refractivity contribution in [3.8, 4) is 0 Å². The van der Waals surface area contributed by atoms with Gasteiger partial charge in [-0.05, 0) is 32.4 Å². The summed E-state index contributed by atoms with van der Waals surface area (Å²) in [6.45, 7) is 5.95. The first-order valence-corrected chi connectivity index (χ1v) is 8.17. The fourth-order valence-electron chi connectivity index (χ4n) is 1.82. The molecule has 0 aromatic heterocycles. The minimum Gasteiger partial charge on any atom is -0.399 e. The van der Waals surface area contributed by atoms with E-state index >= 15 is 0 Å².